The summed E-state index contributed by atoms with van der Waals surface area (Å²) < 4.78 is 26.7. The molecule has 1 aliphatic rings. The van der Waals surface area contributed by atoms with Crippen molar-refractivity contribution in [1.82, 2.24) is 4.72 Å². The molecule has 0 heterocycles. The fourth-order valence-electron chi connectivity index (χ4n) is 1.72. The lowest BCUT2D eigenvalue weighted by molar-refractivity contribution is 0.519. The Bertz CT molecular complexity index is 483. The summed E-state index contributed by atoms with van der Waals surface area (Å²) in [7, 11) is -3.48. The van der Waals surface area contributed by atoms with Crippen LogP contribution in [0.5, 0.6) is 0 Å². The van der Waals surface area contributed by atoms with E-state index in [1.165, 1.54) is 12.1 Å². The summed E-state index contributed by atoms with van der Waals surface area (Å²) >= 11 is 5.72. The Morgan fingerprint density at radius 2 is 1.94 bits per heavy atom. The standard InChI is InChI=1S/C11H15ClN2O2S/c12-9-3-5-10(6-4-9)17(15,16)14-11(7-13)8-1-2-8/h3-6,8,11,14H,1-2,7,13H2. The Labute approximate surface area is 106 Å². The van der Waals surface area contributed by atoms with Crippen molar-refractivity contribution in [2.45, 2.75) is 23.8 Å². The minimum absolute atomic E-state index is 0.157. The molecule has 1 aromatic carbocycles. The molecule has 6 heteroatoms. The molecular weight excluding hydrogens is 260 g/mol. The van der Waals surface area contributed by atoms with Crippen molar-refractivity contribution in [1.29, 1.82) is 0 Å². The van der Waals surface area contributed by atoms with Crippen LogP contribution in [0.15, 0.2) is 29.2 Å². The van der Waals surface area contributed by atoms with Gasteiger partial charge in [-0.1, -0.05) is 11.6 Å². The van der Waals surface area contributed by atoms with Crippen LogP contribution in [0.4, 0.5) is 0 Å². The topological polar surface area (TPSA) is 72.2 Å². The van der Waals surface area contributed by atoms with Crippen molar-refractivity contribution in [2.24, 2.45) is 11.7 Å². The van der Waals surface area contributed by atoms with Crippen molar-refractivity contribution >= 4 is 21.6 Å². The molecule has 1 fully saturated rings. The normalized spacial score (nSPS) is 18.0. The van der Waals surface area contributed by atoms with Gasteiger partial charge in [-0.2, -0.15) is 0 Å². The van der Waals surface area contributed by atoms with E-state index in [-0.39, 0.29) is 10.9 Å². The van der Waals surface area contributed by atoms with Crippen LogP contribution in [0.2, 0.25) is 5.02 Å². The third-order valence-corrected chi connectivity index (χ3v) is 4.63. The molecule has 2 rings (SSSR count). The summed E-state index contributed by atoms with van der Waals surface area (Å²) in [4.78, 5) is 0.223. The lowest BCUT2D eigenvalue weighted by atomic mass is 10.2. The minimum atomic E-state index is -3.48. The van der Waals surface area contributed by atoms with Crippen molar-refractivity contribution in [3.63, 3.8) is 0 Å². The molecule has 0 amide bonds. The number of hydrogen-bond acceptors (Lipinski definition) is 3. The van der Waals surface area contributed by atoms with Gasteiger partial charge in [0, 0.05) is 17.6 Å². The second kappa shape index (κ2) is 4.94. The molecule has 0 spiro atoms. The molecule has 1 aromatic rings. The van der Waals surface area contributed by atoms with E-state index in [4.69, 9.17) is 17.3 Å². The Kier molecular flexibility index (Phi) is 3.73. The zero-order chi connectivity index (χ0) is 12.5. The van der Waals surface area contributed by atoms with E-state index in [0.717, 1.165) is 12.8 Å². The number of halogens is 1. The smallest absolute Gasteiger partial charge is 0.240 e. The van der Waals surface area contributed by atoms with Crippen LogP contribution in [0.25, 0.3) is 0 Å². The highest BCUT2D eigenvalue weighted by atomic mass is 35.5. The summed E-state index contributed by atoms with van der Waals surface area (Å²) in [6.45, 7) is 0.331. The lowest BCUT2D eigenvalue weighted by Crippen LogP contribution is -2.41. The largest absolute Gasteiger partial charge is 0.329 e. The Morgan fingerprint density at radius 3 is 2.41 bits per heavy atom. The zero-order valence-corrected chi connectivity index (χ0v) is 10.8. The molecule has 94 valence electrons. The summed E-state index contributed by atoms with van der Waals surface area (Å²) in [6, 6.07) is 5.95. The Balaban J connectivity index is 2.15. The molecular formula is C11H15ClN2O2S. The fourth-order valence-corrected chi connectivity index (χ4v) is 3.16. The van der Waals surface area contributed by atoms with E-state index in [1.54, 1.807) is 12.1 Å². The maximum absolute atomic E-state index is 12.0. The first-order valence-corrected chi connectivity index (χ1v) is 7.37. The van der Waals surface area contributed by atoms with Gasteiger partial charge in [-0.25, -0.2) is 13.1 Å². The van der Waals surface area contributed by atoms with Crippen molar-refractivity contribution in [3.8, 4) is 0 Å². The maximum atomic E-state index is 12.0. The van der Waals surface area contributed by atoms with E-state index in [2.05, 4.69) is 4.72 Å². The Hall–Kier alpha value is -0.620. The molecule has 1 unspecified atom stereocenters. The summed E-state index contributed by atoms with van der Waals surface area (Å²) in [5.41, 5.74) is 5.58. The number of hydrogen-bond donors (Lipinski definition) is 2. The van der Waals surface area contributed by atoms with Crippen molar-refractivity contribution in [2.75, 3.05) is 6.54 Å². The van der Waals surface area contributed by atoms with E-state index < -0.39 is 10.0 Å². The molecule has 1 atom stereocenters. The fraction of sp³-hybridized carbons (Fsp3) is 0.455. The van der Waals surface area contributed by atoms with Gasteiger partial charge < -0.3 is 5.73 Å². The number of nitrogens with one attached hydrogen (secondary N) is 1. The third kappa shape index (κ3) is 3.19. The number of sulfonamides is 1. The molecule has 1 aliphatic carbocycles. The molecule has 1 saturated carbocycles. The van der Waals surface area contributed by atoms with E-state index >= 15 is 0 Å². The predicted molar refractivity (Wildman–Crippen MR) is 67.3 cm³/mol. The van der Waals surface area contributed by atoms with E-state index in [9.17, 15) is 8.42 Å². The highest BCUT2D eigenvalue weighted by Crippen LogP contribution is 2.32. The monoisotopic (exact) mass is 274 g/mol. The van der Waals surface area contributed by atoms with Gasteiger partial charge in [-0.15, -0.1) is 0 Å². The molecule has 17 heavy (non-hydrogen) atoms. The van der Waals surface area contributed by atoms with Gasteiger partial charge in [0.2, 0.25) is 10.0 Å². The van der Waals surface area contributed by atoms with Gasteiger partial charge in [0.05, 0.1) is 4.90 Å². The van der Waals surface area contributed by atoms with Gasteiger partial charge in [0.15, 0.2) is 0 Å². The number of benzene rings is 1. The SMILES string of the molecule is NCC(NS(=O)(=O)c1ccc(Cl)cc1)C1CC1. The summed E-state index contributed by atoms with van der Waals surface area (Å²) in [6.07, 6.45) is 2.09. The molecule has 4 nitrogen and oxygen atoms in total. The van der Waals surface area contributed by atoms with Crippen LogP contribution in [0, 0.1) is 5.92 Å². The molecule has 0 aliphatic heterocycles. The molecule has 0 aromatic heterocycles. The van der Waals surface area contributed by atoms with Crippen molar-refractivity contribution in [3.05, 3.63) is 29.3 Å². The molecule has 0 radical (unpaired) electrons. The molecule has 0 saturated heterocycles. The van der Waals surface area contributed by atoms with Gasteiger partial charge in [-0.05, 0) is 43.0 Å². The van der Waals surface area contributed by atoms with Crippen LogP contribution in [-0.4, -0.2) is 21.0 Å². The van der Waals surface area contributed by atoms with Crippen LogP contribution in [-0.2, 0) is 10.0 Å². The summed E-state index contributed by atoms with van der Waals surface area (Å²) in [5.74, 6) is 0.391. The van der Waals surface area contributed by atoms with E-state index in [1.807, 2.05) is 0 Å². The average Bonchev–Trinajstić information content (AvgIpc) is 3.10. The lowest BCUT2D eigenvalue weighted by Gasteiger charge is -2.16. The second-order valence-electron chi connectivity index (χ2n) is 4.25. The van der Waals surface area contributed by atoms with Crippen LogP contribution >= 0.6 is 11.6 Å². The summed E-state index contributed by atoms with van der Waals surface area (Å²) in [5, 5.41) is 0.515. The minimum Gasteiger partial charge on any atom is -0.329 e. The highest BCUT2D eigenvalue weighted by Gasteiger charge is 2.33. The highest BCUT2D eigenvalue weighted by molar-refractivity contribution is 7.89. The second-order valence-corrected chi connectivity index (χ2v) is 6.41. The Morgan fingerprint density at radius 1 is 1.35 bits per heavy atom. The van der Waals surface area contributed by atoms with Gasteiger partial charge >= 0.3 is 0 Å². The first-order chi connectivity index (χ1) is 8.03. The predicted octanol–water partition coefficient (Wildman–Crippen LogP) is 1.36. The maximum Gasteiger partial charge on any atom is 0.240 e. The zero-order valence-electron chi connectivity index (χ0n) is 9.27. The number of nitrogens with two attached hydrogens (primary N) is 1. The molecule has 3 N–H and O–H groups in total. The third-order valence-electron chi connectivity index (χ3n) is 2.88. The quantitative estimate of drug-likeness (QED) is 0.851. The van der Waals surface area contributed by atoms with Crippen LogP contribution < -0.4 is 10.5 Å². The van der Waals surface area contributed by atoms with Crippen LogP contribution in [0.3, 0.4) is 0 Å². The van der Waals surface area contributed by atoms with Crippen LogP contribution in [0.1, 0.15) is 12.8 Å². The average molecular weight is 275 g/mol. The van der Waals surface area contributed by atoms with Gasteiger partial charge in [0.25, 0.3) is 0 Å². The first-order valence-electron chi connectivity index (χ1n) is 5.51. The first kappa shape index (κ1) is 12.8. The number of rotatable bonds is 5. The van der Waals surface area contributed by atoms with Gasteiger partial charge in [0.1, 0.15) is 0 Å². The van der Waals surface area contributed by atoms with E-state index in [0.29, 0.717) is 17.5 Å². The molecule has 0 bridgehead atoms. The van der Waals surface area contributed by atoms with Crippen molar-refractivity contribution < 1.29 is 8.42 Å². The van der Waals surface area contributed by atoms with Gasteiger partial charge in [-0.3, -0.25) is 0 Å².